The summed E-state index contributed by atoms with van der Waals surface area (Å²) in [6.45, 7) is 0.798. The lowest BCUT2D eigenvalue weighted by molar-refractivity contribution is -0.0515. The molecule has 10 nitrogen and oxygen atoms in total. The van der Waals surface area contributed by atoms with Crippen molar-refractivity contribution in [1.29, 1.82) is 0 Å². The first-order valence-corrected chi connectivity index (χ1v) is 11.6. The van der Waals surface area contributed by atoms with Gasteiger partial charge in [-0.1, -0.05) is 6.07 Å². The number of alkyl halides is 2. The Kier molecular flexibility index (Phi) is 7.85. The zero-order chi connectivity index (χ0) is 26.5. The summed E-state index contributed by atoms with van der Waals surface area (Å²) in [6.07, 6.45) is 1.58. The number of aromatic nitrogens is 2. The lowest BCUT2D eigenvalue weighted by atomic mass is 10.2. The number of nitrogens with one attached hydrogen (secondary N) is 1. The van der Waals surface area contributed by atoms with Crippen LogP contribution in [0.25, 0.3) is 11.5 Å². The Labute approximate surface area is 211 Å². The number of rotatable bonds is 11. The second kappa shape index (κ2) is 11.2. The number of ether oxygens (including phenoxy) is 3. The predicted molar refractivity (Wildman–Crippen MR) is 126 cm³/mol. The Hall–Kier alpha value is -4.22. The maximum Gasteiger partial charge on any atom is 0.405 e. The van der Waals surface area contributed by atoms with Crippen LogP contribution in [0.4, 0.5) is 13.6 Å². The van der Waals surface area contributed by atoms with E-state index in [1.165, 1.54) is 25.1 Å². The molecule has 196 valence electrons. The van der Waals surface area contributed by atoms with Crippen LogP contribution in [0.1, 0.15) is 53.4 Å². The van der Waals surface area contributed by atoms with E-state index in [1.54, 1.807) is 12.3 Å². The molecule has 1 saturated carbocycles. The highest BCUT2D eigenvalue weighted by Crippen LogP contribution is 2.37. The van der Waals surface area contributed by atoms with Gasteiger partial charge in [0.05, 0.1) is 18.8 Å². The fraction of sp³-hybridized carbons (Fsp3) is 0.360. The number of nitrogens with zero attached hydrogens (tertiary/aromatic N) is 2. The molecule has 1 atom stereocenters. The van der Waals surface area contributed by atoms with E-state index in [2.05, 4.69) is 20.0 Å². The summed E-state index contributed by atoms with van der Waals surface area (Å²) in [7, 11) is 0. The maximum atomic E-state index is 13.0. The van der Waals surface area contributed by atoms with Crippen molar-refractivity contribution in [2.45, 2.75) is 45.9 Å². The third-order valence-electron chi connectivity index (χ3n) is 5.51. The Bertz CT molecular complexity index is 1260. The van der Waals surface area contributed by atoms with Crippen LogP contribution in [0.5, 0.6) is 11.5 Å². The minimum Gasteiger partial charge on any atom is -0.489 e. The summed E-state index contributed by atoms with van der Waals surface area (Å²) in [4.78, 5) is 32.9. The lowest BCUT2D eigenvalue weighted by Crippen LogP contribution is -2.25. The van der Waals surface area contributed by atoms with Crippen LogP contribution in [0.2, 0.25) is 0 Å². The molecule has 0 radical (unpaired) electrons. The number of carbonyl (C=O) groups is 2. The molecular formula is C25H26F2N4O6. The van der Waals surface area contributed by atoms with E-state index in [1.807, 2.05) is 13.0 Å². The number of hydrogen-bond acceptors (Lipinski definition) is 8. The Morgan fingerprint density at radius 3 is 2.65 bits per heavy atom. The molecule has 1 aliphatic carbocycles. The number of hydrogen-bond donors (Lipinski definition) is 2. The molecule has 0 saturated heterocycles. The highest BCUT2D eigenvalue weighted by atomic mass is 19.3. The van der Waals surface area contributed by atoms with Crippen molar-refractivity contribution in [3.63, 3.8) is 0 Å². The van der Waals surface area contributed by atoms with E-state index in [-0.39, 0.29) is 35.4 Å². The van der Waals surface area contributed by atoms with Gasteiger partial charge in [-0.3, -0.25) is 9.78 Å². The number of benzene rings is 1. The maximum absolute atomic E-state index is 13.0. The monoisotopic (exact) mass is 516 g/mol. The van der Waals surface area contributed by atoms with E-state index in [0.717, 1.165) is 18.4 Å². The van der Waals surface area contributed by atoms with Gasteiger partial charge >= 0.3 is 12.7 Å². The average Bonchev–Trinajstić information content (AvgIpc) is 3.57. The number of carbonyl (C=O) groups excluding carboxylic acids is 2. The van der Waals surface area contributed by atoms with Gasteiger partial charge in [-0.15, -0.1) is 0 Å². The normalized spacial score (nSPS) is 13.8. The zero-order valence-electron chi connectivity index (χ0n) is 20.2. The molecule has 2 heterocycles. The van der Waals surface area contributed by atoms with Crippen molar-refractivity contribution in [3.8, 4) is 23.0 Å². The molecule has 1 fully saturated rings. The second-order valence-electron chi connectivity index (χ2n) is 8.61. The minimum atomic E-state index is -3.03. The number of halogens is 2. The van der Waals surface area contributed by atoms with E-state index in [9.17, 15) is 18.4 Å². The summed E-state index contributed by atoms with van der Waals surface area (Å²) in [6, 6.07) is 7.82. The average molecular weight is 517 g/mol. The molecule has 1 unspecified atom stereocenters. The van der Waals surface area contributed by atoms with Crippen LogP contribution < -0.4 is 20.5 Å². The van der Waals surface area contributed by atoms with Gasteiger partial charge in [-0.25, -0.2) is 9.78 Å². The van der Waals surface area contributed by atoms with Crippen LogP contribution in [0.15, 0.2) is 40.9 Å². The molecule has 2 aromatic heterocycles. The molecule has 37 heavy (non-hydrogen) atoms. The summed E-state index contributed by atoms with van der Waals surface area (Å²) in [5.41, 5.74) is 6.93. The Morgan fingerprint density at radius 1 is 1.22 bits per heavy atom. The first kappa shape index (κ1) is 25.9. The van der Waals surface area contributed by atoms with Gasteiger partial charge in [0.1, 0.15) is 0 Å². The fourth-order valence-electron chi connectivity index (χ4n) is 3.42. The highest BCUT2D eigenvalue weighted by Gasteiger charge is 2.28. The summed E-state index contributed by atoms with van der Waals surface area (Å²) in [5, 5.41) is 2.71. The van der Waals surface area contributed by atoms with Gasteiger partial charge < -0.3 is 29.7 Å². The standard InChI is InChI=1S/C25H26F2N4O6/c1-13-3-7-17(29-10-13)11-30-22(32)20-21(14(2)35-25(28)33)37-23(31-20)16-6-8-18(36-24(26)27)19(9-16)34-12-15-4-5-15/h3,6-10,14-15,24H,4-5,11-12H2,1-2H3,(H2,28,33)(H,30,32). The third-order valence-corrected chi connectivity index (χ3v) is 5.51. The number of nitrogens with two attached hydrogens (primary N) is 1. The predicted octanol–water partition coefficient (Wildman–Crippen LogP) is 4.52. The van der Waals surface area contributed by atoms with Crippen molar-refractivity contribution in [1.82, 2.24) is 15.3 Å². The second-order valence-corrected chi connectivity index (χ2v) is 8.61. The van der Waals surface area contributed by atoms with Gasteiger partial charge in [0, 0.05) is 11.8 Å². The first-order valence-electron chi connectivity index (χ1n) is 11.6. The summed E-state index contributed by atoms with van der Waals surface area (Å²) >= 11 is 0. The van der Waals surface area contributed by atoms with Gasteiger partial charge in [0.25, 0.3) is 5.91 Å². The van der Waals surface area contributed by atoms with Crippen LogP contribution in [-0.2, 0) is 11.3 Å². The number of pyridine rings is 1. The van der Waals surface area contributed by atoms with Gasteiger partial charge in [-0.05, 0) is 62.4 Å². The molecule has 3 aromatic rings. The van der Waals surface area contributed by atoms with Crippen LogP contribution in [-0.4, -0.2) is 35.2 Å². The number of amides is 2. The van der Waals surface area contributed by atoms with Crippen LogP contribution in [0.3, 0.4) is 0 Å². The number of aryl methyl sites for hydroxylation is 1. The zero-order valence-corrected chi connectivity index (χ0v) is 20.2. The van der Waals surface area contributed by atoms with E-state index >= 15 is 0 Å². The molecule has 0 aliphatic heterocycles. The quantitative estimate of drug-likeness (QED) is 0.379. The van der Waals surface area contributed by atoms with Crippen molar-refractivity contribution in [2.75, 3.05) is 6.61 Å². The molecule has 3 N–H and O–H groups in total. The summed E-state index contributed by atoms with van der Waals surface area (Å²) < 4.78 is 46.8. The molecule has 12 heteroatoms. The molecule has 1 aliphatic rings. The van der Waals surface area contributed by atoms with Crippen LogP contribution >= 0.6 is 0 Å². The molecule has 1 aromatic carbocycles. The molecule has 0 spiro atoms. The molecular weight excluding hydrogens is 490 g/mol. The minimum absolute atomic E-state index is 0.0200. The smallest absolute Gasteiger partial charge is 0.405 e. The Morgan fingerprint density at radius 2 is 2.00 bits per heavy atom. The summed E-state index contributed by atoms with van der Waals surface area (Å²) in [5.74, 6) is -0.357. The fourth-order valence-corrected chi connectivity index (χ4v) is 3.42. The van der Waals surface area contributed by atoms with E-state index < -0.39 is 24.7 Å². The van der Waals surface area contributed by atoms with Gasteiger partial charge in [0.2, 0.25) is 5.89 Å². The SMILES string of the molecule is Cc1ccc(CNC(=O)c2nc(-c3ccc(OC(F)F)c(OCC4CC4)c3)oc2C(C)OC(N)=O)nc1. The van der Waals surface area contributed by atoms with Gasteiger partial charge in [-0.2, -0.15) is 8.78 Å². The van der Waals surface area contributed by atoms with Gasteiger partial charge in [0.15, 0.2) is 29.1 Å². The Balaban J connectivity index is 1.62. The molecule has 0 bridgehead atoms. The number of oxazole rings is 1. The largest absolute Gasteiger partial charge is 0.489 e. The highest BCUT2D eigenvalue weighted by molar-refractivity contribution is 5.94. The van der Waals surface area contributed by atoms with Crippen LogP contribution in [0, 0.1) is 12.8 Å². The van der Waals surface area contributed by atoms with Crippen molar-refractivity contribution in [2.24, 2.45) is 11.7 Å². The molecule has 2 amide bonds. The van der Waals surface area contributed by atoms with E-state index in [0.29, 0.717) is 23.8 Å². The van der Waals surface area contributed by atoms with E-state index in [4.69, 9.17) is 19.6 Å². The lowest BCUT2D eigenvalue weighted by Gasteiger charge is -2.13. The van der Waals surface area contributed by atoms with Crippen molar-refractivity contribution < 1.29 is 37.0 Å². The topological polar surface area (TPSA) is 139 Å². The first-order chi connectivity index (χ1) is 17.7. The van der Waals surface area contributed by atoms with Crippen molar-refractivity contribution >= 4 is 12.0 Å². The number of primary amides is 1. The van der Waals surface area contributed by atoms with Crippen molar-refractivity contribution in [3.05, 3.63) is 59.2 Å². The molecule has 4 rings (SSSR count). The third kappa shape index (κ3) is 6.93.